The van der Waals surface area contributed by atoms with Gasteiger partial charge in [0.2, 0.25) is 0 Å². The lowest BCUT2D eigenvalue weighted by Gasteiger charge is -2.27. The minimum atomic E-state index is -0.185. The summed E-state index contributed by atoms with van der Waals surface area (Å²) in [6.45, 7) is 2.69. The number of benzene rings is 1. The van der Waals surface area contributed by atoms with Crippen molar-refractivity contribution in [3.05, 3.63) is 34.9 Å². The Kier molecular flexibility index (Phi) is 3.50. The molecule has 2 aliphatic rings. The molecule has 3 nitrogen and oxygen atoms in total. The van der Waals surface area contributed by atoms with Crippen molar-refractivity contribution in [3.63, 3.8) is 0 Å². The second-order valence-electron chi connectivity index (χ2n) is 5.80. The smallest absolute Gasteiger partial charge is 0.255 e. The average molecular weight is 269 g/mol. The molecule has 1 aromatic carbocycles. The van der Waals surface area contributed by atoms with Crippen LogP contribution in [-0.4, -0.2) is 35.1 Å². The fraction of sp³-hybridized carbons (Fsp3) is 0.471. The van der Waals surface area contributed by atoms with Gasteiger partial charge in [0, 0.05) is 18.2 Å². The third-order valence-electron chi connectivity index (χ3n) is 4.38. The normalized spacial score (nSPS) is 23.6. The first-order valence-electron chi connectivity index (χ1n) is 7.20. The van der Waals surface area contributed by atoms with Gasteiger partial charge >= 0.3 is 0 Å². The number of aryl methyl sites for hydroxylation is 1. The van der Waals surface area contributed by atoms with Gasteiger partial charge in [-0.25, -0.2) is 0 Å². The number of piperidine rings is 1. The van der Waals surface area contributed by atoms with Crippen LogP contribution in [-0.2, 0) is 0 Å². The summed E-state index contributed by atoms with van der Waals surface area (Å²) >= 11 is 0. The first kappa shape index (κ1) is 13.2. The average Bonchev–Trinajstić information content (AvgIpc) is 3.07. The molecule has 0 aromatic heterocycles. The number of carbonyl (C=O) groups is 1. The second-order valence-corrected chi connectivity index (χ2v) is 5.80. The van der Waals surface area contributed by atoms with E-state index in [4.69, 9.17) is 5.11 Å². The van der Waals surface area contributed by atoms with Gasteiger partial charge in [0.05, 0.1) is 5.56 Å². The number of hydrogen-bond acceptors (Lipinski definition) is 2. The van der Waals surface area contributed by atoms with Crippen LogP contribution in [0.3, 0.4) is 0 Å². The summed E-state index contributed by atoms with van der Waals surface area (Å²) in [5.41, 5.74) is 2.47. The number of nitrogens with zero attached hydrogens (tertiary/aromatic N) is 1. The number of fused-ring (bicyclic) bond motifs is 2. The number of aliphatic hydroxyl groups excluding tert-OH is 1. The van der Waals surface area contributed by atoms with Gasteiger partial charge in [0.25, 0.3) is 5.91 Å². The summed E-state index contributed by atoms with van der Waals surface area (Å²) in [7, 11) is 0. The van der Waals surface area contributed by atoms with Gasteiger partial charge in [-0.2, -0.15) is 0 Å². The van der Waals surface area contributed by atoms with Gasteiger partial charge in [-0.15, -0.1) is 0 Å². The lowest BCUT2D eigenvalue weighted by Crippen LogP contribution is -2.38. The van der Waals surface area contributed by atoms with Crippen LogP contribution in [0, 0.1) is 24.7 Å². The molecule has 1 N–H and O–H groups in total. The predicted molar refractivity (Wildman–Crippen MR) is 77.3 cm³/mol. The lowest BCUT2D eigenvalue weighted by molar-refractivity contribution is 0.0703. The molecule has 1 saturated carbocycles. The fourth-order valence-electron chi connectivity index (χ4n) is 3.41. The zero-order valence-electron chi connectivity index (χ0n) is 11.7. The molecule has 104 valence electrons. The van der Waals surface area contributed by atoms with E-state index in [0.29, 0.717) is 17.5 Å². The quantitative estimate of drug-likeness (QED) is 0.792. The van der Waals surface area contributed by atoms with Crippen molar-refractivity contribution < 1.29 is 9.90 Å². The summed E-state index contributed by atoms with van der Waals surface area (Å²) in [5.74, 6) is 6.34. The van der Waals surface area contributed by atoms with Gasteiger partial charge < -0.3 is 10.0 Å². The molecule has 2 atom stereocenters. The van der Waals surface area contributed by atoms with Crippen LogP contribution in [0.15, 0.2) is 18.2 Å². The molecule has 1 heterocycles. The molecule has 1 aliphatic heterocycles. The van der Waals surface area contributed by atoms with Crippen LogP contribution in [0.5, 0.6) is 0 Å². The molecular formula is C17H19NO2. The van der Waals surface area contributed by atoms with Crippen molar-refractivity contribution in [2.45, 2.75) is 32.2 Å². The molecule has 0 spiro atoms. The van der Waals surface area contributed by atoms with E-state index in [1.54, 1.807) is 0 Å². The second kappa shape index (κ2) is 5.30. The Labute approximate surface area is 119 Å². The molecule has 1 aliphatic carbocycles. The number of hydrogen-bond donors (Lipinski definition) is 1. The van der Waals surface area contributed by atoms with E-state index in [2.05, 4.69) is 11.8 Å². The Morgan fingerprint density at radius 1 is 1.45 bits per heavy atom. The fourth-order valence-corrected chi connectivity index (χ4v) is 3.41. The van der Waals surface area contributed by atoms with E-state index in [-0.39, 0.29) is 12.5 Å². The largest absolute Gasteiger partial charge is 0.384 e. The van der Waals surface area contributed by atoms with E-state index in [1.165, 1.54) is 6.42 Å². The summed E-state index contributed by atoms with van der Waals surface area (Å²) in [6.07, 6.45) is 3.56. The zero-order valence-corrected chi connectivity index (χ0v) is 11.7. The molecule has 2 bridgehead atoms. The third-order valence-corrected chi connectivity index (χ3v) is 4.38. The van der Waals surface area contributed by atoms with Crippen LogP contribution in [0.1, 0.15) is 40.7 Å². The van der Waals surface area contributed by atoms with Crippen molar-refractivity contribution >= 4 is 5.91 Å². The number of rotatable bonds is 1. The van der Waals surface area contributed by atoms with E-state index >= 15 is 0 Å². The Balaban J connectivity index is 1.91. The van der Waals surface area contributed by atoms with Crippen molar-refractivity contribution in [1.29, 1.82) is 0 Å². The lowest BCUT2D eigenvalue weighted by atomic mass is 10.0. The molecular weight excluding hydrogens is 250 g/mol. The highest BCUT2D eigenvalue weighted by Gasteiger charge is 2.40. The maximum Gasteiger partial charge on any atom is 0.255 e. The Bertz CT molecular complexity index is 597. The summed E-state index contributed by atoms with van der Waals surface area (Å²) in [4.78, 5) is 14.7. The number of amides is 1. The molecule has 2 unspecified atom stereocenters. The Morgan fingerprint density at radius 3 is 2.95 bits per heavy atom. The molecule has 20 heavy (non-hydrogen) atoms. The zero-order chi connectivity index (χ0) is 14.1. The Hall–Kier alpha value is -1.79. The standard InChI is InChI=1S/C17H19NO2/c1-12-4-7-16(14(9-12)3-2-8-19)17(20)18-11-13-5-6-15(18)10-13/h4,7,9,13,15,19H,5-6,8,10-11H2,1H3. The van der Waals surface area contributed by atoms with Crippen LogP contribution >= 0.6 is 0 Å². The highest BCUT2D eigenvalue weighted by molar-refractivity contribution is 5.97. The van der Waals surface area contributed by atoms with Crippen molar-refractivity contribution in [3.8, 4) is 11.8 Å². The van der Waals surface area contributed by atoms with Crippen LogP contribution in [0.2, 0.25) is 0 Å². The molecule has 0 radical (unpaired) electrons. The summed E-state index contributed by atoms with van der Waals surface area (Å²) in [5, 5.41) is 8.85. The van der Waals surface area contributed by atoms with Crippen molar-refractivity contribution in [2.24, 2.45) is 5.92 Å². The molecule has 2 fully saturated rings. The number of aliphatic hydroxyl groups is 1. The monoisotopic (exact) mass is 269 g/mol. The highest BCUT2D eigenvalue weighted by atomic mass is 16.2. The van der Waals surface area contributed by atoms with Gasteiger partial charge in [-0.1, -0.05) is 17.9 Å². The topological polar surface area (TPSA) is 40.5 Å². The van der Waals surface area contributed by atoms with Gasteiger partial charge in [-0.3, -0.25) is 4.79 Å². The molecule has 1 aromatic rings. The number of carbonyl (C=O) groups excluding carboxylic acids is 1. The maximum absolute atomic E-state index is 12.7. The Morgan fingerprint density at radius 2 is 2.30 bits per heavy atom. The van der Waals surface area contributed by atoms with Gasteiger partial charge in [-0.05, 0) is 49.8 Å². The van der Waals surface area contributed by atoms with Crippen LogP contribution < -0.4 is 0 Å². The third kappa shape index (κ3) is 2.32. The minimum Gasteiger partial charge on any atom is -0.384 e. The van der Waals surface area contributed by atoms with E-state index in [1.807, 2.05) is 30.0 Å². The molecule has 3 heteroatoms. The van der Waals surface area contributed by atoms with Gasteiger partial charge in [0.1, 0.15) is 6.61 Å². The molecule has 1 amide bonds. The van der Waals surface area contributed by atoms with E-state index < -0.39 is 0 Å². The van der Waals surface area contributed by atoms with Crippen molar-refractivity contribution in [1.82, 2.24) is 4.90 Å². The minimum absolute atomic E-state index is 0.0967. The van der Waals surface area contributed by atoms with Crippen LogP contribution in [0.25, 0.3) is 0 Å². The van der Waals surface area contributed by atoms with Gasteiger partial charge in [0.15, 0.2) is 0 Å². The van der Waals surface area contributed by atoms with Crippen LogP contribution in [0.4, 0.5) is 0 Å². The first-order chi connectivity index (χ1) is 9.69. The summed E-state index contributed by atoms with van der Waals surface area (Å²) < 4.78 is 0. The van der Waals surface area contributed by atoms with E-state index in [0.717, 1.165) is 30.5 Å². The van der Waals surface area contributed by atoms with Crippen molar-refractivity contribution in [2.75, 3.05) is 13.2 Å². The summed E-state index contributed by atoms with van der Waals surface area (Å²) in [6, 6.07) is 6.16. The SMILES string of the molecule is Cc1ccc(C(=O)N2CC3CCC2C3)c(C#CCO)c1. The molecule has 1 saturated heterocycles. The first-order valence-corrected chi connectivity index (χ1v) is 7.20. The highest BCUT2D eigenvalue weighted by Crippen LogP contribution is 2.38. The van der Waals surface area contributed by atoms with E-state index in [9.17, 15) is 4.79 Å². The maximum atomic E-state index is 12.7. The number of likely N-dealkylation sites (tertiary alicyclic amines) is 1. The predicted octanol–water partition coefficient (Wildman–Crippen LogP) is 1.96. The molecule has 3 rings (SSSR count).